The molecule has 1 aromatic heterocycles. The molecule has 3 rings (SSSR count). The maximum absolute atomic E-state index is 13.2. The number of benzene rings is 1. The van der Waals surface area contributed by atoms with E-state index in [-0.39, 0.29) is 24.8 Å². The number of ether oxygens (including phenoxy) is 1. The lowest BCUT2D eigenvalue weighted by atomic mass is 9.89. The van der Waals surface area contributed by atoms with Crippen LogP contribution in [0.1, 0.15) is 27.7 Å². The topological polar surface area (TPSA) is 99.4 Å². The van der Waals surface area contributed by atoms with Crippen molar-refractivity contribution in [2.24, 2.45) is 5.41 Å². The summed E-state index contributed by atoms with van der Waals surface area (Å²) >= 11 is 0. The molecule has 0 radical (unpaired) electrons. The Labute approximate surface area is 193 Å². The van der Waals surface area contributed by atoms with E-state index in [9.17, 15) is 9.18 Å². The molecule has 0 aliphatic carbocycles. The Balaban J connectivity index is 1.59. The monoisotopic (exact) mass is 457 g/mol. The summed E-state index contributed by atoms with van der Waals surface area (Å²) in [7, 11) is 0. The van der Waals surface area contributed by atoms with Gasteiger partial charge in [0.2, 0.25) is 5.95 Å². The highest BCUT2D eigenvalue weighted by Crippen LogP contribution is 2.19. The normalized spacial score (nSPS) is 14.9. The molecule has 0 unspecified atom stereocenters. The molecule has 2 aromatic rings. The Morgan fingerprint density at radius 3 is 2.42 bits per heavy atom. The second-order valence-corrected chi connectivity index (χ2v) is 8.81. The van der Waals surface area contributed by atoms with Crippen molar-refractivity contribution in [2.75, 3.05) is 42.6 Å². The number of allylic oxidation sites excluding steroid dienone is 1. The van der Waals surface area contributed by atoms with Crippen molar-refractivity contribution in [3.05, 3.63) is 48.2 Å². The first kappa shape index (κ1) is 24.2. The summed E-state index contributed by atoms with van der Waals surface area (Å²) in [6.07, 6.45) is 3.11. The van der Waals surface area contributed by atoms with Crippen molar-refractivity contribution in [3.8, 4) is 0 Å². The Hall–Kier alpha value is -3.43. The molecule has 33 heavy (non-hydrogen) atoms. The summed E-state index contributed by atoms with van der Waals surface area (Å²) < 4.78 is 19.9. The number of esters is 1. The molecule has 1 aliphatic rings. The van der Waals surface area contributed by atoms with Crippen LogP contribution in [0.4, 0.5) is 16.0 Å². The van der Waals surface area contributed by atoms with E-state index in [1.165, 1.54) is 18.2 Å². The van der Waals surface area contributed by atoms with E-state index in [0.29, 0.717) is 11.7 Å². The predicted octanol–water partition coefficient (Wildman–Crippen LogP) is 2.80. The van der Waals surface area contributed by atoms with Gasteiger partial charge < -0.3 is 25.3 Å². The minimum Gasteiger partial charge on any atom is -0.461 e. The van der Waals surface area contributed by atoms with Crippen LogP contribution >= 0.6 is 0 Å². The summed E-state index contributed by atoms with van der Waals surface area (Å²) in [6.45, 7) is 11.0. The van der Waals surface area contributed by atoms with Gasteiger partial charge in [-0.05, 0) is 37.3 Å². The first-order chi connectivity index (χ1) is 15.7. The van der Waals surface area contributed by atoms with E-state index in [4.69, 9.17) is 10.1 Å². The lowest BCUT2D eigenvalue weighted by Gasteiger charge is -2.35. The van der Waals surface area contributed by atoms with Crippen molar-refractivity contribution < 1.29 is 13.9 Å². The van der Waals surface area contributed by atoms with Gasteiger partial charge in [-0.2, -0.15) is 0 Å². The Kier molecular flexibility index (Phi) is 7.67. The van der Waals surface area contributed by atoms with Crippen molar-refractivity contribution in [1.29, 1.82) is 5.41 Å². The highest BCUT2D eigenvalue weighted by atomic mass is 19.1. The molecular formula is C23H32FN7O2. The van der Waals surface area contributed by atoms with Crippen LogP contribution in [-0.4, -0.2) is 59.2 Å². The quantitative estimate of drug-likeness (QED) is 0.357. The van der Waals surface area contributed by atoms with Gasteiger partial charge in [0, 0.05) is 43.0 Å². The summed E-state index contributed by atoms with van der Waals surface area (Å²) in [5.41, 5.74) is 1.13. The minimum absolute atomic E-state index is 0.210. The molecule has 1 aliphatic heterocycles. The first-order valence-corrected chi connectivity index (χ1v) is 11.0. The molecule has 0 spiro atoms. The summed E-state index contributed by atoms with van der Waals surface area (Å²) in [6, 6.07) is 6.52. The van der Waals surface area contributed by atoms with Crippen LogP contribution in [0.15, 0.2) is 42.4 Å². The van der Waals surface area contributed by atoms with Gasteiger partial charge in [0.05, 0.1) is 6.61 Å². The van der Waals surface area contributed by atoms with Gasteiger partial charge in [-0.3, -0.25) is 0 Å². The molecule has 0 amide bonds. The lowest BCUT2D eigenvalue weighted by molar-refractivity contribution is -0.139. The van der Waals surface area contributed by atoms with Gasteiger partial charge in [0.15, 0.2) is 0 Å². The summed E-state index contributed by atoms with van der Waals surface area (Å²) in [5, 5.41) is 15.8. The molecule has 0 atom stereocenters. The van der Waals surface area contributed by atoms with Crippen LogP contribution < -0.4 is 15.1 Å². The zero-order chi connectivity index (χ0) is 24.0. The molecule has 10 heteroatoms. The number of carbonyl (C=O) groups is 1. The number of hydrogen-bond donors (Lipinski definition) is 2. The predicted molar refractivity (Wildman–Crippen MR) is 126 cm³/mol. The largest absolute Gasteiger partial charge is 0.461 e. The van der Waals surface area contributed by atoms with E-state index in [2.05, 4.69) is 25.2 Å². The fraction of sp³-hybridized carbons (Fsp3) is 0.478. The standard InChI is InChI=1S/C23H32FN7O2/c1-5-33-21(32)19(14-20(25)23(2,3)4)26-15-31-16-27-22(28-31)30-12-10-29(11-13-30)18-8-6-17(24)7-9-18/h6-9,14,16,25-26H,5,10-13,15H2,1-4H3/b19-14-,25-20?. The van der Waals surface area contributed by atoms with E-state index >= 15 is 0 Å². The van der Waals surface area contributed by atoms with Crippen LogP contribution in [0.3, 0.4) is 0 Å². The third-order valence-electron chi connectivity index (χ3n) is 5.30. The molecular weight excluding hydrogens is 425 g/mol. The summed E-state index contributed by atoms with van der Waals surface area (Å²) in [5.74, 6) is -0.139. The number of piperazine rings is 1. The van der Waals surface area contributed by atoms with Crippen LogP contribution in [-0.2, 0) is 16.2 Å². The lowest BCUT2D eigenvalue weighted by Crippen LogP contribution is -2.47. The van der Waals surface area contributed by atoms with Gasteiger partial charge in [-0.1, -0.05) is 20.8 Å². The van der Waals surface area contributed by atoms with Crippen LogP contribution in [0.2, 0.25) is 0 Å². The number of nitrogens with zero attached hydrogens (tertiary/aromatic N) is 5. The minimum atomic E-state index is -0.510. The van der Waals surface area contributed by atoms with Crippen molar-refractivity contribution >= 4 is 23.3 Å². The number of anilines is 2. The molecule has 9 nitrogen and oxygen atoms in total. The van der Waals surface area contributed by atoms with Gasteiger partial charge >= 0.3 is 5.97 Å². The third kappa shape index (κ3) is 6.53. The molecule has 1 aromatic carbocycles. The number of nitrogens with one attached hydrogen (secondary N) is 2. The molecule has 0 saturated carbocycles. The molecule has 2 N–H and O–H groups in total. The second-order valence-electron chi connectivity index (χ2n) is 8.81. The highest BCUT2D eigenvalue weighted by Gasteiger charge is 2.21. The fourth-order valence-electron chi connectivity index (χ4n) is 3.24. The Morgan fingerprint density at radius 1 is 1.18 bits per heavy atom. The van der Waals surface area contributed by atoms with Gasteiger partial charge in [0.25, 0.3) is 0 Å². The van der Waals surface area contributed by atoms with Gasteiger partial charge in [-0.25, -0.2) is 18.9 Å². The van der Waals surface area contributed by atoms with E-state index < -0.39 is 11.4 Å². The first-order valence-electron chi connectivity index (χ1n) is 11.0. The maximum Gasteiger partial charge on any atom is 0.354 e. The van der Waals surface area contributed by atoms with Crippen molar-refractivity contribution in [2.45, 2.75) is 34.4 Å². The fourth-order valence-corrected chi connectivity index (χ4v) is 3.24. The second kappa shape index (κ2) is 10.5. The third-order valence-corrected chi connectivity index (χ3v) is 5.30. The number of hydrogen-bond acceptors (Lipinski definition) is 8. The summed E-state index contributed by atoms with van der Waals surface area (Å²) in [4.78, 5) is 21.0. The average molecular weight is 458 g/mol. The number of carbonyl (C=O) groups excluding carboxylic acids is 1. The van der Waals surface area contributed by atoms with Crippen molar-refractivity contribution in [1.82, 2.24) is 20.1 Å². The average Bonchev–Trinajstić information content (AvgIpc) is 3.25. The SMILES string of the molecule is CCOC(=O)/C(=C/C(=N)C(C)(C)C)NCn1cnc(N2CCN(c3ccc(F)cc3)CC2)n1. The van der Waals surface area contributed by atoms with Crippen LogP contribution in [0.25, 0.3) is 0 Å². The van der Waals surface area contributed by atoms with E-state index in [0.717, 1.165) is 31.9 Å². The number of rotatable bonds is 8. The maximum atomic E-state index is 13.2. The molecule has 0 bridgehead atoms. The van der Waals surface area contributed by atoms with E-state index in [1.54, 1.807) is 30.1 Å². The number of halogens is 1. The van der Waals surface area contributed by atoms with Gasteiger partial charge in [-0.15, -0.1) is 5.10 Å². The smallest absolute Gasteiger partial charge is 0.354 e. The Morgan fingerprint density at radius 2 is 1.82 bits per heavy atom. The Bertz CT molecular complexity index is 987. The molecule has 2 heterocycles. The highest BCUT2D eigenvalue weighted by molar-refractivity contribution is 6.02. The molecule has 1 saturated heterocycles. The van der Waals surface area contributed by atoms with Crippen LogP contribution in [0.5, 0.6) is 0 Å². The van der Waals surface area contributed by atoms with Gasteiger partial charge in [0.1, 0.15) is 24.5 Å². The molecule has 178 valence electrons. The zero-order valence-electron chi connectivity index (χ0n) is 19.6. The van der Waals surface area contributed by atoms with Crippen molar-refractivity contribution in [3.63, 3.8) is 0 Å². The van der Waals surface area contributed by atoms with Crippen LogP contribution in [0, 0.1) is 16.6 Å². The zero-order valence-corrected chi connectivity index (χ0v) is 19.6. The number of aromatic nitrogens is 3. The van der Waals surface area contributed by atoms with E-state index in [1.807, 2.05) is 20.8 Å². The molecule has 1 fully saturated rings.